The number of ether oxygens (including phenoxy) is 1. The molecule has 2 aliphatic heterocycles. The van der Waals surface area contributed by atoms with Crippen molar-refractivity contribution >= 4 is 17.7 Å². The van der Waals surface area contributed by atoms with Crippen LogP contribution in [0, 0.1) is 11.8 Å². The number of nitrogens with zero attached hydrogens (tertiary/aromatic N) is 3. The van der Waals surface area contributed by atoms with E-state index in [1.165, 1.54) is 0 Å². The zero-order chi connectivity index (χ0) is 19.9. The molecule has 2 atom stereocenters. The maximum Gasteiger partial charge on any atom is 0.320 e. The Balaban J connectivity index is 1.61. The lowest BCUT2D eigenvalue weighted by molar-refractivity contribution is -0.139. The number of carbonyl (C=O) groups excluding carboxylic acids is 1. The number of hydrogen-bond acceptors (Lipinski definition) is 4. The van der Waals surface area contributed by atoms with Crippen molar-refractivity contribution in [1.29, 1.82) is 0 Å². The van der Waals surface area contributed by atoms with Crippen LogP contribution in [0.3, 0.4) is 0 Å². The second kappa shape index (κ2) is 9.78. The van der Waals surface area contributed by atoms with E-state index in [4.69, 9.17) is 4.74 Å². The largest absolute Gasteiger partial charge is 0.481 e. The van der Waals surface area contributed by atoms with E-state index in [0.29, 0.717) is 39.4 Å². The number of carboxylic acids is 1. The van der Waals surface area contributed by atoms with Gasteiger partial charge in [-0.15, -0.1) is 0 Å². The summed E-state index contributed by atoms with van der Waals surface area (Å²) in [5, 5.41) is 9.30. The first-order valence-electron chi connectivity index (χ1n) is 10.1. The van der Waals surface area contributed by atoms with Gasteiger partial charge >= 0.3 is 12.0 Å². The molecule has 0 radical (unpaired) electrons. The third-order valence-corrected chi connectivity index (χ3v) is 5.91. The fraction of sp³-hybridized carbons (Fsp3) is 0.619. The Bertz CT molecular complexity index is 648. The number of carbonyl (C=O) groups is 2. The number of likely N-dealkylation sites (tertiary alicyclic amines) is 1. The first-order chi connectivity index (χ1) is 13.5. The molecule has 2 heterocycles. The summed E-state index contributed by atoms with van der Waals surface area (Å²) < 4.78 is 5.34. The van der Waals surface area contributed by atoms with Crippen LogP contribution in [0.1, 0.15) is 19.3 Å². The van der Waals surface area contributed by atoms with Gasteiger partial charge in [0.1, 0.15) is 0 Å². The molecule has 1 N–H and O–H groups in total. The highest BCUT2D eigenvalue weighted by atomic mass is 16.5. The van der Waals surface area contributed by atoms with Gasteiger partial charge in [0.05, 0.1) is 13.2 Å². The highest BCUT2D eigenvalue weighted by molar-refractivity contribution is 5.74. The average molecular weight is 389 g/mol. The normalized spacial score (nSPS) is 22.8. The number of para-hydroxylation sites is 1. The number of hydrogen-bond donors (Lipinski definition) is 1. The Morgan fingerprint density at radius 3 is 2.50 bits per heavy atom. The molecule has 2 amide bonds. The van der Waals surface area contributed by atoms with E-state index in [1.807, 2.05) is 28.0 Å². The molecule has 3 rings (SSSR count). The summed E-state index contributed by atoms with van der Waals surface area (Å²) in [6, 6.07) is 10.2. The molecule has 7 nitrogen and oxygen atoms in total. The minimum Gasteiger partial charge on any atom is -0.481 e. The van der Waals surface area contributed by atoms with Crippen molar-refractivity contribution in [1.82, 2.24) is 9.80 Å². The van der Waals surface area contributed by atoms with Crippen LogP contribution in [0.4, 0.5) is 10.5 Å². The number of carboxylic acid groups (broad SMARTS) is 1. The Morgan fingerprint density at radius 2 is 1.82 bits per heavy atom. The lowest BCUT2D eigenvalue weighted by Gasteiger charge is -2.41. The second-order valence-electron chi connectivity index (χ2n) is 7.78. The molecule has 0 bridgehead atoms. The van der Waals surface area contributed by atoms with Crippen molar-refractivity contribution in [3.8, 4) is 0 Å². The van der Waals surface area contributed by atoms with Crippen molar-refractivity contribution in [3.05, 3.63) is 30.3 Å². The summed E-state index contributed by atoms with van der Waals surface area (Å²) in [6.45, 7) is 4.56. The van der Waals surface area contributed by atoms with Gasteiger partial charge in [-0.25, -0.2) is 4.79 Å². The highest BCUT2D eigenvalue weighted by Gasteiger charge is 2.34. The first-order valence-corrected chi connectivity index (χ1v) is 10.1. The van der Waals surface area contributed by atoms with Crippen molar-refractivity contribution in [2.75, 3.05) is 57.9 Å². The van der Waals surface area contributed by atoms with Crippen LogP contribution >= 0.6 is 0 Å². The molecule has 2 unspecified atom stereocenters. The molecule has 0 aromatic heterocycles. The SMILES string of the molecule is CN(CCC1CN(C(=O)N2CCOCC2)CCC1CC(=O)O)c1ccccc1. The zero-order valence-electron chi connectivity index (χ0n) is 16.6. The summed E-state index contributed by atoms with van der Waals surface area (Å²) in [4.78, 5) is 30.1. The third-order valence-electron chi connectivity index (χ3n) is 5.91. The minimum absolute atomic E-state index is 0.0680. The molecule has 1 aromatic rings. The number of piperidine rings is 1. The van der Waals surface area contributed by atoms with E-state index in [2.05, 4.69) is 24.1 Å². The zero-order valence-corrected chi connectivity index (χ0v) is 16.6. The lowest BCUT2D eigenvalue weighted by Crippen LogP contribution is -2.52. The summed E-state index contributed by atoms with van der Waals surface area (Å²) >= 11 is 0. The molecule has 0 saturated carbocycles. The monoisotopic (exact) mass is 389 g/mol. The van der Waals surface area contributed by atoms with Crippen LogP contribution in [-0.2, 0) is 9.53 Å². The summed E-state index contributed by atoms with van der Waals surface area (Å²) in [5.41, 5.74) is 1.15. The highest BCUT2D eigenvalue weighted by Crippen LogP contribution is 2.30. The van der Waals surface area contributed by atoms with Gasteiger partial charge in [-0.1, -0.05) is 18.2 Å². The standard InChI is InChI=1S/C21H31N3O4/c1-22(19-5-3-2-4-6-19)9-7-18-16-24(10-8-17(18)15-20(25)26)21(27)23-11-13-28-14-12-23/h2-6,17-18H,7-16H2,1H3,(H,25,26). The molecule has 2 fully saturated rings. The van der Waals surface area contributed by atoms with Gasteiger partial charge in [-0.2, -0.15) is 0 Å². The number of anilines is 1. The molecule has 0 aliphatic carbocycles. The summed E-state index contributed by atoms with van der Waals surface area (Å²) in [5.74, 6) is -0.434. The number of morpholine rings is 1. The van der Waals surface area contributed by atoms with Crippen LogP contribution in [0.2, 0.25) is 0 Å². The molecular weight excluding hydrogens is 358 g/mol. The smallest absolute Gasteiger partial charge is 0.320 e. The molecule has 1 aromatic carbocycles. The van der Waals surface area contributed by atoms with Gasteiger partial charge in [0.25, 0.3) is 0 Å². The fourth-order valence-electron chi connectivity index (χ4n) is 4.20. The van der Waals surface area contributed by atoms with Gasteiger partial charge in [0, 0.05) is 51.9 Å². The topological polar surface area (TPSA) is 73.3 Å². The Morgan fingerprint density at radius 1 is 1.11 bits per heavy atom. The van der Waals surface area contributed by atoms with Crippen LogP contribution in [0.25, 0.3) is 0 Å². The van der Waals surface area contributed by atoms with Gasteiger partial charge < -0.3 is 24.5 Å². The minimum atomic E-state index is -0.751. The molecule has 154 valence electrons. The van der Waals surface area contributed by atoms with Crippen LogP contribution in [-0.4, -0.2) is 79.9 Å². The van der Waals surface area contributed by atoms with Gasteiger partial charge in [0.15, 0.2) is 0 Å². The number of amides is 2. The molecule has 0 spiro atoms. The predicted molar refractivity (Wildman–Crippen MR) is 108 cm³/mol. The first kappa shape index (κ1) is 20.5. The Hall–Kier alpha value is -2.28. The van der Waals surface area contributed by atoms with E-state index >= 15 is 0 Å². The van der Waals surface area contributed by atoms with Gasteiger partial charge in [-0.3, -0.25) is 4.79 Å². The predicted octanol–water partition coefficient (Wildman–Crippen LogP) is 2.38. The molecule has 7 heteroatoms. The third kappa shape index (κ3) is 5.38. The average Bonchev–Trinajstić information content (AvgIpc) is 2.73. The Labute approximate surface area is 166 Å². The van der Waals surface area contributed by atoms with Crippen LogP contribution < -0.4 is 4.90 Å². The van der Waals surface area contributed by atoms with Crippen molar-refractivity contribution in [2.24, 2.45) is 11.8 Å². The fourth-order valence-corrected chi connectivity index (χ4v) is 4.20. The maximum atomic E-state index is 12.9. The van der Waals surface area contributed by atoms with Gasteiger partial charge in [-0.05, 0) is 36.8 Å². The molecule has 2 aliphatic rings. The Kier molecular flexibility index (Phi) is 7.14. The van der Waals surface area contributed by atoms with Crippen molar-refractivity contribution < 1.29 is 19.4 Å². The molecular formula is C21H31N3O4. The molecule has 2 saturated heterocycles. The van der Waals surface area contributed by atoms with E-state index in [0.717, 1.165) is 25.1 Å². The van der Waals surface area contributed by atoms with Crippen LogP contribution in [0.15, 0.2) is 30.3 Å². The quantitative estimate of drug-likeness (QED) is 0.809. The van der Waals surface area contributed by atoms with E-state index in [1.54, 1.807) is 0 Å². The van der Waals surface area contributed by atoms with Gasteiger partial charge in [0.2, 0.25) is 0 Å². The van der Waals surface area contributed by atoms with Crippen molar-refractivity contribution in [3.63, 3.8) is 0 Å². The van der Waals surface area contributed by atoms with E-state index < -0.39 is 5.97 Å². The number of benzene rings is 1. The summed E-state index contributed by atoms with van der Waals surface area (Å²) in [6.07, 6.45) is 1.80. The molecule has 28 heavy (non-hydrogen) atoms. The number of aliphatic carboxylic acids is 1. The van der Waals surface area contributed by atoms with Crippen molar-refractivity contribution in [2.45, 2.75) is 19.3 Å². The summed E-state index contributed by atoms with van der Waals surface area (Å²) in [7, 11) is 2.06. The van der Waals surface area contributed by atoms with E-state index in [9.17, 15) is 14.7 Å². The lowest BCUT2D eigenvalue weighted by atomic mass is 9.81. The maximum absolute atomic E-state index is 12.9. The van der Waals surface area contributed by atoms with E-state index in [-0.39, 0.29) is 24.3 Å². The van der Waals surface area contributed by atoms with Crippen LogP contribution in [0.5, 0.6) is 0 Å². The number of urea groups is 1. The number of rotatable bonds is 6. The second-order valence-corrected chi connectivity index (χ2v) is 7.78.